The Morgan fingerprint density at radius 1 is 1.09 bits per heavy atom. The summed E-state index contributed by atoms with van der Waals surface area (Å²) in [6.45, 7) is 3.90. The molecule has 0 spiro atoms. The van der Waals surface area contributed by atoms with Crippen LogP contribution in [0.15, 0.2) is 83.0 Å². The number of aryl methyl sites for hydroxylation is 1. The SMILES string of the molecule is CCc1cccc(N2C(=O)NC(c3ccc(F)cc3)C(c3nc(-c4ccc(Cl)cc4)no3)=C2C)c1. The summed E-state index contributed by atoms with van der Waals surface area (Å²) in [7, 11) is 0. The lowest BCUT2D eigenvalue weighted by molar-refractivity contribution is 0.244. The predicted molar refractivity (Wildman–Crippen MR) is 133 cm³/mol. The molecule has 2 amide bonds. The molecular weight excluding hydrogens is 467 g/mol. The Morgan fingerprint density at radius 3 is 2.54 bits per heavy atom. The topological polar surface area (TPSA) is 71.3 Å². The molecule has 0 bridgehead atoms. The molecule has 0 radical (unpaired) electrons. The zero-order valence-corrected chi connectivity index (χ0v) is 19.9. The average molecular weight is 489 g/mol. The van der Waals surface area contributed by atoms with Gasteiger partial charge in [0, 0.05) is 16.3 Å². The van der Waals surface area contributed by atoms with Gasteiger partial charge in [-0.15, -0.1) is 0 Å². The number of urea groups is 1. The van der Waals surface area contributed by atoms with E-state index in [9.17, 15) is 9.18 Å². The van der Waals surface area contributed by atoms with Crippen molar-refractivity contribution in [2.45, 2.75) is 26.3 Å². The third-order valence-electron chi connectivity index (χ3n) is 6.02. The van der Waals surface area contributed by atoms with E-state index in [0.29, 0.717) is 27.7 Å². The molecule has 0 fully saturated rings. The second-order valence-corrected chi connectivity index (χ2v) is 8.66. The fourth-order valence-corrected chi connectivity index (χ4v) is 4.33. The maximum absolute atomic E-state index is 13.6. The zero-order valence-electron chi connectivity index (χ0n) is 19.1. The van der Waals surface area contributed by atoms with Gasteiger partial charge in [0.2, 0.25) is 5.82 Å². The number of anilines is 1. The van der Waals surface area contributed by atoms with Gasteiger partial charge < -0.3 is 9.84 Å². The summed E-state index contributed by atoms with van der Waals surface area (Å²) in [5, 5.41) is 7.80. The number of hydrogen-bond acceptors (Lipinski definition) is 4. The minimum absolute atomic E-state index is 0.262. The fourth-order valence-electron chi connectivity index (χ4n) is 4.20. The number of carbonyl (C=O) groups excluding carboxylic acids is 1. The zero-order chi connectivity index (χ0) is 24.5. The van der Waals surface area contributed by atoms with Crippen molar-refractivity contribution in [3.63, 3.8) is 0 Å². The molecule has 35 heavy (non-hydrogen) atoms. The molecule has 4 aromatic rings. The molecule has 1 aliphatic heterocycles. The van der Waals surface area contributed by atoms with Crippen LogP contribution >= 0.6 is 11.6 Å². The van der Waals surface area contributed by atoms with Crippen LogP contribution in [-0.2, 0) is 6.42 Å². The van der Waals surface area contributed by atoms with Crippen molar-refractivity contribution < 1.29 is 13.7 Å². The number of rotatable bonds is 5. The number of hydrogen-bond donors (Lipinski definition) is 1. The fraction of sp³-hybridized carbons (Fsp3) is 0.148. The molecule has 5 rings (SSSR count). The lowest BCUT2D eigenvalue weighted by atomic mass is 9.94. The number of amides is 2. The van der Waals surface area contributed by atoms with Gasteiger partial charge in [0.25, 0.3) is 5.89 Å². The number of benzene rings is 3. The summed E-state index contributed by atoms with van der Waals surface area (Å²) in [5.74, 6) is 0.295. The van der Waals surface area contributed by atoms with Gasteiger partial charge in [-0.1, -0.05) is 47.9 Å². The largest absolute Gasteiger partial charge is 0.334 e. The van der Waals surface area contributed by atoms with Gasteiger partial charge in [-0.2, -0.15) is 4.98 Å². The van der Waals surface area contributed by atoms with Crippen LogP contribution in [0.1, 0.15) is 36.9 Å². The summed E-state index contributed by atoms with van der Waals surface area (Å²) in [4.78, 5) is 19.5. The molecule has 3 aromatic carbocycles. The standard InChI is InChI=1S/C27H22ClFN4O2/c1-3-17-5-4-6-22(15-17)33-16(2)23(24(30-27(33)34)18-9-13-21(29)14-10-18)26-31-25(32-35-26)19-7-11-20(28)12-8-19/h4-15,24H,3H2,1-2H3,(H,30,34). The Labute approximate surface area is 207 Å². The van der Waals surface area contributed by atoms with Crippen molar-refractivity contribution in [2.24, 2.45) is 0 Å². The highest BCUT2D eigenvalue weighted by atomic mass is 35.5. The van der Waals surface area contributed by atoms with Gasteiger partial charge in [0.05, 0.1) is 17.3 Å². The van der Waals surface area contributed by atoms with E-state index in [1.54, 1.807) is 41.3 Å². The summed E-state index contributed by atoms with van der Waals surface area (Å²) in [5.41, 5.74) is 4.55. The van der Waals surface area contributed by atoms with Gasteiger partial charge >= 0.3 is 6.03 Å². The maximum Gasteiger partial charge on any atom is 0.326 e. The first-order chi connectivity index (χ1) is 16.9. The monoisotopic (exact) mass is 488 g/mol. The summed E-state index contributed by atoms with van der Waals surface area (Å²) in [6.07, 6.45) is 0.839. The van der Waals surface area contributed by atoms with Gasteiger partial charge in [-0.3, -0.25) is 4.90 Å². The van der Waals surface area contributed by atoms with Gasteiger partial charge in [-0.05, 0) is 73.0 Å². The van der Waals surface area contributed by atoms with Gasteiger partial charge in [0.1, 0.15) is 5.82 Å². The summed E-state index contributed by atoms with van der Waals surface area (Å²) < 4.78 is 19.3. The first kappa shape index (κ1) is 22.8. The van der Waals surface area contributed by atoms with Gasteiger partial charge in [0.15, 0.2) is 0 Å². The molecule has 6 nitrogen and oxygen atoms in total. The quantitative estimate of drug-likeness (QED) is 0.335. The third-order valence-corrected chi connectivity index (χ3v) is 6.28. The normalized spacial score (nSPS) is 15.9. The van der Waals surface area contributed by atoms with Crippen LogP contribution in [-0.4, -0.2) is 16.2 Å². The lowest BCUT2D eigenvalue weighted by Crippen LogP contribution is -2.46. The van der Waals surface area contributed by atoms with E-state index in [1.807, 2.05) is 31.2 Å². The Balaban J connectivity index is 1.65. The number of aromatic nitrogens is 2. The number of allylic oxidation sites excluding steroid dienone is 1. The highest BCUT2D eigenvalue weighted by Crippen LogP contribution is 2.39. The van der Waals surface area contributed by atoms with E-state index in [2.05, 4.69) is 22.4 Å². The third kappa shape index (κ3) is 4.42. The first-order valence-electron chi connectivity index (χ1n) is 11.2. The molecule has 2 heterocycles. The van der Waals surface area contributed by atoms with E-state index in [-0.39, 0.29) is 17.7 Å². The van der Waals surface area contributed by atoms with Crippen molar-refractivity contribution in [2.75, 3.05) is 4.90 Å². The van der Waals surface area contributed by atoms with Crippen LogP contribution in [0.4, 0.5) is 14.9 Å². The van der Waals surface area contributed by atoms with E-state index >= 15 is 0 Å². The van der Waals surface area contributed by atoms with E-state index in [0.717, 1.165) is 23.2 Å². The van der Waals surface area contributed by atoms with E-state index in [4.69, 9.17) is 16.1 Å². The van der Waals surface area contributed by atoms with E-state index < -0.39 is 6.04 Å². The molecule has 0 saturated carbocycles. The van der Waals surface area contributed by atoms with Crippen LogP contribution in [0.25, 0.3) is 17.0 Å². The molecule has 1 aromatic heterocycles. The van der Waals surface area contributed by atoms with Gasteiger partial charge in [-0.25, -0.2) is 9.18 Å². The molecule has 0 saturated heterocycles. The number of nitrogens with zero attached hydrogens (tertiary/aromatic N) is 3. The van der Waals surface area contributed by atoms with Crippen molar-refractivity contribution in [1.82, 2.24) is 15.5 Å². The Morgan fingerprint density at radius 2 is 1.83 bits per heavy atom. The highest BCUT2D eigenvalue weighted by molar-refractivity contribution is 6.30. The first-order valence-corrected chi connectivity index (χ1v) is 11.6. The molecule has 1 atom stereocenters. The number of halogens is 2. The molecule has 1 aliphatic rings. The second kappa shape index (κ2) is 9.35. The van der Waals surface area contributed by atoms with Crippen molar-refractivity contribution in [1.29, 1.82) is 0 Å². The lowest BCUT2D eigenvalue weighted by Gasteiger charge is -2.35. The molecule has 1 N–H and O–H groups in total. The van der Waals surface area contributed by atoms with Crippen LogP contribution in [0.3, 0.4) is 0 Å². The minimum atomic E-state index is -0.604. The number of nitrogens with one attached hydrogen (secondary N) is 1. The molecule has 176 valence electrons. The van der Waals surface area contributed by atoms with Crippen LogP contribution in [0.5, 0.6) is 0 Å². The Hall–Kier alpha value is -3.97. The van der Waals surface area contributed by atoms with Crippen LogP contribution < -0.4 is 10.2 Å². The molecule has 1 unspecified atom stereocenters. The van der Waals surface area contributed by atoms with Crippen molar-refractivity contribution >= 4 is 28.9 Å². The van der Waals surface area contributed by atoms with Crippen molar-refractivity contribution in [3.05, 3.63) is 106 Å². The molecule has 0 aliphatic carbocycles. The summed E-state index contributed by atoms with van der Waals surface area (Å²) >= 11 is 6.01. The molecular formula is C27H22ClFN4O2. The second-order valence-electron chi connectivity index (χ2n) is 8.22. The Kier molecular flexibility index (Phi) is 6.09. The van der Waals surface area contributed by atoms with E-state index in [1.165, 1.54) is 12.1 Å². The number of carbonyl (C=O) groups is 1. The smallest absolute Gasteiger partial charge is 0.326 e. The maximum atomic E-state index is 13.6. The minimum Gasteiger partial charge on any atom is -0.334 e. The predicted octanol–water partition coefficient (Wildman–Crippen LogP) is 6.79. The average Bonchev–Trinajstić information content (AvgIpc) is 3.34. The Bertz CT molecular complexity index is 1410. The molecule has 8 heteroatoms. The van der Waals surface area contributed by atoms with Crippen LogP contribution in [0.2, 0.25) is 5.02 Å². The highest BCUT2D eigenvalue weighted by Gasteiger charge is 2.36. The van der Waals surface area contributed by atoms with Crippen molar-refractivity contribution in [3.8, 4) is 11.4 Å². The van der Waals surface area contributed by atoms with Crippen LogP contribution in [0, 0.1) is 5.82 Å². The summed E-state index contributed by atoms with van der Waals surface area (Å²) in [6, 6.07) is 20.0.